The Bertz CT molecular complexity index is 677. The minimum atomic E-state index is -0.363. The summed E-state index contributed by atoms with van der Waals surface area (Å²) in [4.78, 5) is 12.1. The highest BCUT2D eigenvalue weighted by Gasteiger charge is 2.10. The van der Waals surface area contributed by atoms with Crippen LogP contribution in [-0.4, -0.2) is 15.6 Å². The molecule has 0 bridgehead atoms. The topological polar surface area (TPSA) is 34.9 Å². The van der Waals surface area contributed by atoms with Crippen LogP contribution in [0.5, 0.6) is 0 Å². The first kappa shape index (κ1) is 14.7. The first-order valence-electron chi connectivity index (χ1n) is 6.22. The van der Waals surface area contributed by atoms with E-state index in [4.69, 9.17) is 0 Å². The molecule has 0 atom stereocenters. The van der Waals surface area contributed by atoms with Crippen LogP contribution >= 0.6 is 15.9 Å². The van der Waals surface area contributed by atoms with Gasteiger partial charge >= 0.3 is 0 Å². The monoisotopic (exact) mass is 336 g/mol. The molecule has 0 saturated carbocycles. The van der Waals surface area contributed by atoms with E-state index in [-0.39, 0.29) is 11.6 Å². The molecule has 0 N–H and O–H groups in total. The van der Waals surface area contributed by atoms with Crippen LogP contribution in [0, 0.1) is 12.7 Å². The number of halogens is 2. The molecule has 1 aromatic carbocycles. The number of nitrogens with zero attached hydrogens (tertiary/aromatic N) is 2. The first-order valence-corrected chi connectivity index (χ1v) is 7.02. The van der Waals surface area contributed by atoms with Gasteiger partial charge in [0.05, 0.1) is 11.3 Å². The third kappa shape index (κ3) is 3.22. The van der Waals surface area contributed by atoms with Crippen LogP contribution < -0.4 is 0 Å². The van der Waals surface area contributed by atoms with Crippen molar-refractivity contribution in [2.45, 2.75) is 20.4 Å². The number of benzene rings is 1. The number of carbonyl (C=O) groups is 1. The van der Waals surface area contributed by atoms with Gasteiger partial charge < -0.3 is 0 Å². The van der Waals surface area contributed by atoms with Crippen LogP contribution in [0.1, 0.15) is 28.5 Å². The Morgan fingerprint density at radius 2 is 2.25 bits per heavy atom. The number of hydrogen-bond donors (Lipinski definition) is 0. The lowest BCUT2D eigenvalue weighted by molar-refractivity contribution is 0.104. The average molecular weight is 337 g/mol. The SMILES string of the molecule is CCn1cc(C(=O)/C=C/c2cc(Br)ccc2F)c(C)n1. The Kier molecular flexibility index (Phi) is 4.49. The summed E-state index contributed by atoms with van der Waals surface area (Å²) in [7, 11) is 0. The summed E-state index contributed by atoms with van der Waals surface area (Å²) in [6.45, 7) is 4.44. The number of ketones is 1. The number of aryl methyl sites for hydroxylation is 2. The van der Waals surface area contributed by atoms with E-state index in [1.54, 1.807) is 29.9 Å². The third-order valence-corrected chi connectivity index (χ3v) is 3.40. The summed E-state index contributed by atoms with van der Waals surface area (Å²) in [5, 5.41) is 4.22. The molecule has 2 aromatic rings. The van der Waals surface area contributed by atoms with E-state index in [1.807, 2.05) is 6.92 Å². The quantitative estimate of drug-likeness (QED) is 0.624. The van der Waals surface area contributed by atoms with Gasteiger partial charge in [0.1, 0.15) is 5.82 Å². The van der Waals surface area contributed by atoms with Crippen molar-refractivity contribution in [1.82, 2.24) is 9.78 Å². The van der Waals surface area contributed by atoms with Crippen molar-refractivity contribution in [2.24, 2.45) is 0 Å². The van der Waals surface area contributed by atoms with Gasteiger partial charge in [-0.15, -0.1) is 0 Å². The Balaban J connectivity index is 2.24. The zero-order valence-corrected chi connectivity index (χ0v) is 12.8. The molecular weight excluding hydrogens is 323 g/mol. The van der Waals surface area contributed by atoms with E-state index in [0.29, 0.717) is 23.4 Å². The summed E-state index contributed by atoms with van der Waals surface area (Å²) in [5.74, 6) is -0.542. The molecule has 0 aliphatic heterocycles. The molecule has 2 rings (SSSR count). The van der Waals surface area contributed by atoms with Gasteiger partial charge in [0.15, 0.2) is 5.78 Å². The van der Waals surface area contributed by atoms with Gasteiger partial charge in [-0.3, -0.25) is 9.48 Å². The fourth-order valence-corrected chi connectivity index (χ4v) is 2.20. The molecule has 0 saturated heterocycles. The molecule has 104 valence electrons. The molecule has 5 heteroatoms. The van der Waals surface area contributed by atoms with Gasteiger partial charge in [0.25, 0.3) is 0 Å². The number of hydrogen-bond acceptors (Lipinski definition) is 2. The molecular formula is C15H14BrFN2O. The highest BCUT2D eigenvalue weighted by Crippen LogP contribution is 2.17. The molecule has 1 heterocycles. The summed E-state index contributed by atoms with van der Waals surface area (Å²) in [6.07, 6.45) is 4.55. The van der Waals surface area contributed by atoms with E-state index < -0.39 is 0 Å². The summed E-state index contributed by atoms with van der Waals surface area (Å²) in [5.41, 5.74) is 1.59. The van der Waals surface area contributed by atoms with Crippen molar-refractivity contribution < 1.29 is 9.18 Å². The van der Waals surface area contributed by atoms with Gasteiger partial charge in [-0.2, -0.15) is 5.10 Å². The van der Waals surface area contributed by atoms with Gasteiger partial charge in [0.2, 0.25) is 0 Å². The van der Waals surface area contributed by atoms with Crippen molar-refractivity contribution in [3.8, 4) is 0 Å². The molecule has 0 amide bonds. The van der Waals surface area contributed by atoms with Gasteiger partial charge in [-0.25, -0.2) is 4.39 Å². The standard InChI is InChI=1S/C15H14BrFN2O/c1-3-19-9-13(10(2)18-19)15(20)7-4-11-8-12(16)5-6-14(11)17/h4-9H,3H2,1-2H3/b7-4+. The second kappa shape index (κ2) is 6.13. The number of carbonyl (C=O) groups excluding carboxylic acids is 1. The Labute approximate surface area is 125 Å². The second-order valence-electron chi connectivity index (χ2n) is 4.35. The predicted molar refractivity (Wildman–Crippen MR) is 80.1 cm³/mol. The van der Waals surface area contributed by atoms with Crippen molar-refractivity contribution in [3.63, 3.8) is 0 Å². The zero-order valence-electron chi connectivity index (χ0n) is 11.2. The summed E-state index contributed by atoms with van der Waals surface area (Å²) in [6, 6.07) is 4.60. The molecule has 3 nitrogen and oxygen atoms in total. The smallest absolute Gasteiger partial charge is 0.189 e. The molecule has 0 radical (unpaired) electrons. The molecule has 0 fully saturated rings. The van der Waals surface area contributed by atoms with E-state index in [1.165, 1.54) is 18.2 Å². The maximum absolute atomic E-state index is 13.6. The van der Waals surface area contributed by atoms with Gasteiger partial charge in [-0.05, 0) is 44.2 Å². The van der Waals surface area contributed by atoms with Crippen LogP contribution in [-0.2, 0) is 6.54 Å². The van der Waals surface area contributed by atoms with Crippen molar-refractivity contribution in [2.75, 3.05) is 0 Å². The van der Waals surface area contributed by atoms with Crippen LogP contribution in [0.4, 0.5) is 4.39 Å². The van der Waals surface area contributed by atoms with E-state index in [9.17, 15) is 9.18 Å². The summed E-state index contributed by atoms with van der Waals surface area (Å²) < 4.78 is 16.0. The fraction of sp³-hybridized carbons (Fsp3) is 0.200. The zero-order chi connectivity index (χ0) is 14.7. The Morgan fingerprint density at radius 3 is 2.90 bits per heavy atom. The lowest BCUT2D eigenvalue weighted by Crippen LogP contribution is -1.95. The normalized spacial score (nSPS) is 11.2. The maximum atomic E-state index is 13.6. The highest BCUT2D eigenvalue weighted by atomic mass is 79.9. The largest absolute Gasteiger partial charge is 0.289 e. The molecule has 0 unspecified atom stereocenters. The molecule has 20 heavy (non-hydrogen) atoms. The first-order chi connectivity index (χ1) is 9.51. The van der Waals surface area contributed by atoms with Crippen LogP contribution in [0.15, 0.2) is 34.9 Å². The molecule has 0 aliphatic rings. The second-order valence-corrected chi connectivity index (χ2v) is 5.26. The van der Waals surface area contributed by atoms with E-state index in [0.717, 1.165) is 4.47 Å². The average Bonchev–Trinajstić information content (AvgIpc) is 2.81. The van der Waals surface area contributed by atoms with Crippen LogP contribution in [0.25, 0.3) is 6.08 Å². The van der Waals surface area contributed by atoms with Crippen molar-refractivity contribution in [1.29, 1.82) is 0 Å². The lowest BCUT2D eigenvalue weighted by Gasteiger charge is -1.97. The molecule has 1 aromatic heterocycles. The van der Waals surface area contributed by atoms with Gasteiger partial charge in [-0.1, -0.05) is 15.9 Å². The minimum absolute atomic E-state index is 0.179. The van der Waals surface area contributed by atoms with Crippen molar-refractivity contribution >= 4 is 27.8 Å². The highest BCUT2D eigenvalue weighted by molar-refractivity contribution is 9.10. The fourth-order valence-electron chi connectivity index (χ4n) is 1.82. The Hall–Kier alpha value is -1.75. The number of aromatic nitrogens is 2. The van der Waals surface area contributed by atoms with E-state index in [2.05, 4.69) is 21.0 Å². The van der Waals surface area contributed by atoms with E-state index >= 15 is 0 Å². The summed E-state index contributed by atoms with van der Waals surface area (Å²) >= 11 is 3.27. The predicted octanol–water partition coefficient (Wildman–Crippen LogP) is 4.01. The maximum Gasteiger partial charge on any atom is 0.189 e. The molecule has 0 aliphatic carbocycles. The minimum Gasteiger partial charge on any atom is -0.289 e. The molecule has 0 spiro atoms. The Morgan fingerprint density at radius 1 is 1.50 bits per heavy atom. The number of rotatable bonds is 4. The third-order valence-electron chi connectivity index (χ3n) is 2.91. The van der Waals surface area contributed by atoms with Crippen LogP contribution in [0.3, 0.4) is 0 Å². The van der Waals surface area contributed by atoms with Gasteiger partial charge in [0, 0.05) is 22.8 Å². The lowest BCUT2D eigenvalue weighted by atomic mass is 10.1. The van der Waals surface area contributed by atoms with Crippen LogP contribution in [0.2, 0.25) is 0 Å². The number of allylic oxidation sites excluding steroid dienone is 1. The van der Waals surface area contributed by atoms with Crippen molar-refractivity contribution in [3.05, 3.63) is 57.6 Å².